The molecule has 0 amide bonds. The van der Waals surface area contributed by atoms with Crippen molar-refractivity contribution in [2.24, 2.45) is 0 Å². The molecule has 0 saturated carbocycles. The highest BCUT2D eigenvalue weighted by Gasteiger charge is 2.42. The fourth-order valence-electron chi connectivity index (χ4n) is 0.859. The van der Waals surface area contributed by atoms with E-state index in [2.05, 4.69) is 4.74 Å². The van der Waals surface area contributed by atoms with Crippen molar-refractivity contribution in [3.05, 3.63) is 0 Å². The molecule has 60 valence electrons. The minimum Gasteiger partial charge on any atom is -0.394 e. The average Bonchev–Trinajstić information content (AvgIpc) is 2.17. The zero-order valence-electron chi connectivity index (χ0n) is 5.14. The molecular weight excluding hydrogens is 143 g/mol. The Morgan fingerprint density at radius 1 is 1.40 bits per heavy atom. The molecule has 4 nitrogen and oxygen atoms in total. The van der Waals surface area contributed by atoms with E-state index in [9.17, 15) is 4.39 Å². The number of aliphatic hydroxyl groups excluding tert-OH is 3. The molecule has 1 unspecified atom stereocenters. The van der Waals surface area contributed by atoms with Crippen LogP contribution in [-0.2, 0) is 4.74 Å². The van der Waals surface area contributed by atoms with Crippen molar-refractivity contribution in [1.82, 2.24) is 0 Å². The van der Waals surface area contributed by atoms with E-state index in [1.165, 1.54) is 0 Å². The third-order valence-electron chi connectivity index (χ3n) is 1.47. The van der Waals surface area contributed by atoms with Gasteiger partial charge in [-0.05, 0) is 0 Å². The van der Waals surface area contributed by atoms with E-state index >= 15 is 0 Å². The summed E-state index contributed by atoms with van der Waals surface area (Å²) in [6.07, 6.45) is -5.82. The number of alkyl halides is 1. The maximum Gasteiger partial charge on any atom is 0.189 e. The summed E-state index contributed by atoms with van der Waals surface area (Å²) in [7, 11) is 0. The van der Waals surface area contributed by atoms with Gasteiger partial charge in [0.1, 0.15) is 12.2 Å². The number of rotatable bonds is 1. The van der Waals surface area contributed by atoms with Gasteiger partial charge >= 0.3 is 0 Å². The van der Waals surface area contributed by atoms with Crippen molar-refractivity contribution < 1.29 is 24.4 Å². The SMILES string of the molecule is OC[C@H]1OC(O)[C@@H](F)[C@@H]1O. The van der Waals surface area contributed by atoms with Crippen molar-refractivity contribution in [2.75, 3.05) is 6.61 Å². The Kier molecular flexibility index (Phi) is 2.20. The summed E-state index contributed by atoms with van der Waals surface area (Å²) >= 11 is 0. The van der Waals surface area contributed by atoms with Gasteiger partial charge < -0.3 is 20.1 Å². The molecule has 1 rings (SSSR count). The van der Waals surface area contributed by atoms with Crippen LogP contribution in [0.5, 0.6) is 0 Å². The lowest BCUT2D eigenvalue weighted by molar-refractivity contribution is -0.121. The second-order valence-electron chi connectivity index (χ2n) is 2.18. The van der Waals surface area contributed by atoms with Gasteiger partial charge in [-0.3, -0.25) is 0 Å². The van der Waals surface area contributed by atoms with Crippen molar-refractivity contribution in [3.63, 3.8) is 0 Å². The Balaban J connectivity index is 2.53. The van der Waals surface area contributed by atoms with E-state index in [1.54, 1.807) is 0 Å². The van der Waals surface area contributed by atoms with Crippen LogP contribution in [0, 0.1) is 0 Å². The lowest BCUT2D eigenvalue weighted by atomic mass is 10.2. The van der Waals surface area contributed by atoms with Crippen LogP contribution in [0.4, 0.5) is 4.39 Å². The number of hydrogen-bond acceptors (Lipinski definition) is 4. The second kappa shape index (κ2) is 2.79. The Morgan fingerprint density at radius 2 is 2.00 bits per heavy atom. The largest absolute Gasteiger partial charge is 0.394 e. The van der Waals surface area contributed by atoms with Crippen LogP contribution in [0.2, 0.25) is 0 Å². The Labute approximate surface area is 56.9 Å². The van der Waals surface area contributed by atoms with Crippen LogP contribution in [0.1, 0.15) is 0 Å². The smallest absolute Gasteiger partial charge is 0.189 e. The van der Waals surface area contributed by atoms with E-state index in [-0.39, 0.29) is 0 Å². The molecule has 0 spiro atoms. The number of aliphatic hydroxyl groups is 3. The molecule has 4 atom stereocenters. The number of hydrogen-bond donors (Lipinski definition) is 3. The van der Waals surface area contributed by atoms with Gasteiger partial charge in [-0.1, -0.05) is 0 Å². The molecule has 10 heavy (non-hydrogen) atoms. The highest BCUT2D eigenvalue weighted by Crippen LogP contribution is 2.21. The molecule has 0 aromatic carbocycles. The summed E-state index contributed by atoms with van der Waals surface area (Å²) in [6, 6.07) is 0. The lowest BCUT2D eigenvalue weighted by Gasteiger charge is -2.08. The van der Waals surface area contributed by atoms with E-state index in [1.807, 2.05) is 0 Å². The van der Waals surface area contributed by atoms with E-state index in [0.717, 1.165) is 0 Å². The van der Waals surface area contributed by atoms with Crippen molar-refractivity contribution in [3.8, 4) is 0 Å². The summed E-state index contributed by atoms with van der Waals surface area (Å²) < 4.78 is 16.8. The topological polar surface area (TPSA) is 69.9 Å². The normalized spacial score (nSPS) is 48.0. The van der Waals surface area contributed by atoms with Crippen LogP contribution >= 0.6 is 0 Å². The van der Waals surface area contributed by atoms with Crippen molar-refractivity contribution in [2.45, 2.75) is 24.7 Å². The maximum absolute atomic E-state index is 12.4. The summed E-state index contributed by atoms with van der Waals surface area (Å²) in [5.74, 6) is 0. The van der Waals surface area contributed by atoms with Gasteiger partial charge in [0.15, 0.2) is 12.5 Å². The predicted molar refractivity (Wildman–Crippen MR) is 28.9 cm³/mol. The molecule has 0 aromatic heterocycles. The first kappa shape index (κ1) is 7.87. The molecule has 1 saturated heterocycles. The van der Waals surface area contributed by atoms with Gasteiger partial charge in [-0.25, -0.2) is 4.39 Å². The molecule has 3 N–H and O–H groups in total. The van der Waals surface area contributed by atoms with Crippen LogP contribution in [0.25, 0.3) is 0 Å². The van der Waals surface area contributed by atoms with E-state index < -0.39 is 31.3 Å². The van der Waals surface area contributed by atoms with E-state index in [4.69, 9.17) is 15.3 Å². The molecule has 5 heteroatoms. The first-order chi connectivity index (χ1) is 4.66. The second-order valence-corrected chi connectivity index (χ2v) is 2.18. The molecular formula is C5H9FO4. The fraction of sp³-hybridized carbons (Fsp3) is 1.00. The molecule has 0 bridgehead atoms. The van der Waals surface area contributed by atoms with Crippen LogP contribution in [-0.4, -0.2) is 46.6 Å². The Bertz CT molecular complexity index is 120. The van der Waals surface area contributed by atoms with Crippen molar-refractivity contribution >= 4 is 0 Å². The average molecular weight is 152 g/mol. The summed E-state index contributed by atoms with van der Waals surface area (Å²) in [5.41, 5.74) is 0. The molecule has 1 aliphatic rings. The highest BCUT2D eigenvalue weighted by atomic mass is 19.1. The summed E-state index contributed by atoms with van der Waals surface area (Å²) in [5, 5.41) is 25.8. The zero-order valence-corrected chi connectivity index (χ0v) is 5.14. The van der Waals surface area contributed by atoms with Gasteiger partial charge in [0.2, 0.25) is 0 Å². The quantitative estimate of drug-likeness (QED) is 0.423. The van der Waals surface area contributed by atoms with E-state index in [0.29, 0.717) is 0 Å². The van der Waals surface area contributed by atoms with Gasteiger partial charge in [0.25, 0.3) is 0 Å². The predicted octanol–water partition coefficient (Wildman–Crippen LogP) is -1.61. The first-order valence-corrected chi connectivity index (χ1v) is 2.93. The first-order valence-electron chi connectivity index (χ1n) is 2.93. The lowest BCUT2D eigenvalue weighted by Crippen LogP contribution is -2.30. The minimum absolute atomic E-state index is 0.487. The summed E-state index contributed by atoms with van der Waals surface area (Å²) in [4.78, 5) is 0. The number of halogens is 1. The van der Waals surface area contributed by atoms with Gasteiger partial charge in [-0.15, -0.1) is 0 Å². The fourth-order valence-corrected chi connectivity index (χ4v) is 0.859. The van der Waals surface area contributed by atoms with Gasteiger partial charge in [0.05, 0.1) is 6.61 Å². The Hall–Kier alpha value is -0.230. The third kappa shape index (κ3) is 1.13. The highest BCUT2D eigenvalue weighted by molar-refractivity contribution is 4.85. The molecule has 0 aliphatic carbocycles. The maximum atomic E-state index is 12.4. The molecule has 1 fully saturated rings. The molecule has 1 aliphatic heterocycles. The zero-order chi connectivity index (χ0) is 7.72. The summed E-state index contributed by atoms with van der Waals surface area (Å²) in [6.45, 7) is -0.487. The molecule has 1 heterocycles. The minimum atomic E-state index is -1.81. The van der Waals surface area contributed by atoms with Crippen LogP contribution in [0.3, 0.4) is 0 Å². The van der Waals surface area contributed by atoms with Crippen LogP contribution < -0.4 is 0 Å². The standard InChI is InChI=1S/C5H9FO4/c6-3-4(8)2(1-7)10-5(3)9/h2-5,7-9H,1H2/t2-,3+,4-,5?/m1/s1. The Morgan fingerprint density at radius 3 is 2.20 bits per heavy atom. The third-order valence-corrected chi connectivity index (χ3v) is 1.47. The molecule has 0 radical (unpaired) electrons. The monoisotopic (exact) mass is 152 g/mol. The van der Waals surface area contributed by atoms with Gasteiger partial charge in [0, 0.05) is 0 Å². The molecule has 0 aromatic rings. The van der Waals surface area contributed by atoms with Crippen LogP contribution in [0.15, 0.2) is 0 Å². The van der Waals surface area contributed by atoms with Gasteiger partial charge in [-0.2, -0.15) is 0 Å². The van der Waals surface area contributed by atoms with Crippen molar-refractivity contribution in [1.29, 1.82) is 0 Å². The number of ether oxygens (including phenoxy) is 1.